The Kier molecular flexibility index (Phi) is 5.54. The van der Waals surface area contributed by atoms with Gasteiger partial charge in [0, 0.05) is 11.6 Å². The fourth-order valence-electron chi connectivity index (χ4n) is 3.18. The predicted octanol–water partition coefficient (Wildman–Crippen LogP) is 4.52. The van der Waals surface area contributed by atoms with E-state index in [4.69, 9.17) is 11.6 Å². The molecule has 1 heterocycles. The standard InChI is InChI=1S/C21H23ClN2O/c1-3-4-13-23-21(25)20-18(15-9-11-16(22)12-10-15)19(24-20)17-8-6-5-7-14(17)2/h5-12,18,20H,3-4,13H2,1-2H3,(H,23,25). The number of nitrogens with zero attached hydrogens (tertiary/aromatic N) is 1. The molecule has 0 saturated heterocycles. The zero-order chi connectivity index (χ0) is 17.8. The first kappa shape index (κ1) is 17.7. The van der Waals surface area contributed by atoms with Gasteiger partial charge < -0.3 is 5.32 Å². The van der Waals surface area contributed by atoms with E-state index >= 15 is 0 Å². The summed E-state index contributed by atoms with van der Waals surface area (Å²) in [6, 6.07) is 15.5. The van der Waals surface area contributed by atoms with Crippen molar-refractivity contribution in [2.24, 2.45) is 4.99 Å². The minimum Gasteiger partial charge on any atom is -0.354 e. The van der Waals surface area contributed by atoms with Crippen LogP contribution >= 0.6 is 11.6 Å². The first-order valence-corrected chi connectivity index (χ1v) is 9.16. The molecule has 0 radical (unpaired) electrons. The summed E-state index contributed by atoms with van der Waals surface area (Å²) in [6.07, 6.45) is 2.04. The van der Waals surface area contributed by atoms with Crippen LogP contribution < -0.4 is 5.32 Å². The van der Waals surface area contributed by atoms with Crippen molar-refractivity contribution >= 4 is 23.2 Å². The number of unbranched alkanes of at least 4 members (excludes halogenated alkanes) is 1. The summed E-state index contributed by atoms with van der Waals surface area (Å²) in [5, 5.41) is 3.71. The molecule has 2 atom stereocenters. The Morgan fingerprint density at radius 2 is 1.88 bits per heavy atom. The highest BCUT2D eigenvalue weighted by atomic mass is 35.5. The van der Waals surface area contributed by atoms with Gasteiger partial charge in [-0.2, -0.15) is 0 Å². The number of benzene rings is 2. The topological polar surface area (TPSA) is 41.5 Å². The highest BCUT2D eigenvalue weighted by molar-refractivity contribution is 6.30. The lowest BCUT2D eigenvalue weighted by molar-refractivity contribution is -0.122. The van der Waals surface area contributed by atoms with Crippen LogP contribution in [0.25, 0.3) is 0 Å². The quantitative estimate of drug-likeness (QED) is 0.761. The van der Waals surface area contributed by atoms with Crippen molar-refractivity contribution in [1.82, 2.24) is 5.32 Å². The third kappa shape index (κ3) is 3.77. The number of aliphatic imine (C=N–C) groups is 1. The summed E-state index contributed by atoms with van der Waals surface area (Å²) in [5.74, 6) is -0.0225. The number of amides is 1. The normalized spacial score (nSPS) is 19.1. The van der Waals surface area contributed by atoms with Crippen LogP contribution in [0.4, 0.5) is 0 Å². The fraction of sp³-hybridized carbons (Fsp3) is 0.333. The molecule has 0 spiro atoms. The van der Waals surface area contributed by atoms with Crippen LogP contribution in [0.15, 0.2) is 53.5 Å². The number of hydrogen-bond acceptors (Lipinski definition) is 2. The van der Waals surface area contributed by atoms with Crippen molar-refractivity contribution in [1.29, 1.82) is 0 Å². The fourth-order valence-corrected chi connectivity index (χ4v) is 3.31. The van der Waals surface area contributed by atoms with E-state index in [0.717, 1.165) is 29.7 Å². The molecular weight excluding hydrogens is 332 g/mol. The number of aryl methyl sites for hydroxylation is 1. The molecule has 1 aliphatic heterocycles. The lowest BCUT2D eigenvalue weighted by atomic mass is 9.77. The van der Waals surface area contributed by atoms with E-state index in [2.05, 4.69) is 36.3 Å². The minimum absolute atomic E-state index is 0.00531. The monoisotopic (exact) mass is 354 g/mol. The van der Waals surface area contributed by atoms with E-state index in [1.54, 1.807) is 0 Å². The number of carbonyl (C=O) groups excluding carboxylic acids is 1. The van der Waals surface area contributed by atoms with Crippen molar-refractivity contribution in [2.75, 3.05) is 6.54 Å². The maximum atomic E-state index is 12.6. The summed E-state index contributed by atoms with van der Waals surface area (Å²) in [6.45, 7) is 4.89. The average Bonchev–Trinajstić information content (AvgIpc) is 2.58. The molecule has 0 aliphatic carbocycles. The first-order valence-electron chi connectivity index (χ1n) is 8.78. The van der Waals surface area contributed by atoms with Crippen molar-refractivity contribution in [3.05, 3.63) is 70.2 Å². The molecule has 3 rings (SSSR count). The number of halogens is 1. The first-order chi connectivity index (χ1) is 12.1. The maximum absolute atomic E-state index is 12.6. The molecule has 2 unspecified atom stereocenters. The Hall–Kier alpha value is -2.13. The van der Waals surface area contributed by atoms with Crippen LogP contribution in [0.1, 0.15) is 42.4 Å². The SMILES string of the molecule is CCCCNC(=O)C1N=C(c2ccccc2C)C1c1ccc(Cl)cc1. The third-order valence-corrected chi connectivity index (χ3v) is 4.89. The molecular formula is C21H23ClN2O. The Balaban J connectivity index is 1.90. The molecule has 1 N–H and O–H groups in total. The second-order valence-electron chi connectivity index (χ2n) is 6.45. The molecule has 0 bridgehead atoms. The van der Waals surface area contributed by atoms with Crippen LogP contribution in [0.2, 0.25) is 5.02 Å². The zero-order valence-corrected chi connectivity index (χ0v) is 15.4. The summed E-state index contributed by atoms with van der Waals surface area (Å²) >= 11 is 6.03. The molecule has 2 aromatic carbocycles. The van der Waals surface area contributed by atoms with Gasteiger partial charge in [-0.05, 0) is 42.2 Å². The van der Waals surface area contributed by atoms with Gasteiger partial charge in [-0.15, -0.1) is 0 Å². The van der Waals surface area contributed by atoms with Gasteiger partial charge >= 0.3 is 0 Å². The highest BCUT2D eigenvalue weighted by Gasteiger charge is 2.41. The van der Waals surface area contributed by atoms with Crippen LogP contribution in [0, 0.1) is 6.92 Å². The Bertz CT molecular complexity index is 783. The predicted molar refractivity (Wildman–Crippen MR) is 104 cm³/mol. The summed E-state index contributed by atoms with van der Waals surface area (Å²) in [5.41, 5.74) is 4.34. The van der Waals surface area contributed by atoms with Gasteiger partial charge in [-0.25, -0.2) is 0 Å². The molecule has 4 heteroatoms. The molecule has 0 saturated carbocycles. The number of nitrogens with one attached hydrogen (secondary N) is 1. The van der Waals surface area contributed by atoms with E-state index < -0.39 is 0 Å². The van der Waals surface area contributed by atoms with Crippen molar-refractivity contribution in [3.63, 3.8) is 0 Å². The van der Waals surface area contributed by atoms with E-state index in [-0.39, 0.29) is 17.9 Å². The van der Waals surface area contributed by atoms with Gasteiger partial charge in [0.15, 0.2) is 0 Å². The number of carbonyl (C=O) groups is 1. The summed E-state index contributed by atoms with van der Waals surface area (Å²) in [4.78, 5) is 17.3. The van der Waals surface area contributed by atoms with Crippen LogP contribution in [0.3, 0.4) is 0 Å². The molecule has 2 aromatic rings. The molecule has 0 aromatic heterocycles. The number of hydrogen-bond donors (Lipinski definition) is 1. The van der Waals surface area contributed by atoms with E-state index in [9.17, 15) is 4.79 Å². The van der Waals surface area contributed by atoms with Gasteiger partial charge in [0.05, 0.1) is 11.6 Å². The number of rotatable bonds is 6. The second kappa shape index (κ2) is 7.83. The minimum atomic E-state index is -0.368. The van der Waals surface area contributed by atoms with E-state index in [0.29, 0.717) is 11.6 Å². The van der Waals surface area contributed by atoms with Crippen LogP contribution in [-0.2, 0) is 4.79 Å². The molecule has 130 valence electrons. The smallest absolute Gasteiger partial charge is 0.245 e. The van der Waals surface area contributed by atoms with Gasteiger partial charge in [-0.3, -0.25) is 9.79 Å². The third-order valence-electron chi connectivity index (χ3n) is 4.64. The largest absolute Gasteiger partial charge is 0.354 e. The van der Waals surface area contributed by atoms with E-state index in [1.807, 2.05) is 36.4 Å². The van der Waals surface area contributed by atoms with Crippen molar-refractivity contribution in [2.45, 2.75) is 38.6 Å². The lowest BCUT2D eigenvalue weighted by Gasteiger charge is -2.35. The molecule has 3 nitrogen and oxygen atoms in total. The Labute approximate surface area is 154 Å². The zero-order valence-electron chi connectivity index (χ0n) is 14.6. The molecule has 0 fully saturated rings. The van der Waals surface area contributed by atoms with Gasteiger partial charge in [-0.1, -0.05) is 61.3 Å². The van der Waals surface area contributed by atoms with Crippen LogP contribution in [-0.4, -0.2) is 24.2 Å². The van der Waals surface area contributed by atoms with Gasteiger partial charge in [0.2, 0.25) is 5.91 Å². The average molecular weight is 355 g/mol. The summed E-state index contributed by atoms with van der Waals surface area (Å²) in [7, 11) is 0. The van der Waals surface area contributed by atoms with Crippen molar-refractivity contribution < 1.29 is 4.79 Å². The van der Waals surface area contributed by atoms with Gasteiger partial charge in [0.25, 0.3) is 0 Å². The molecule has 1 amide bonds. The Morgan fingerprint density at radius 3 is 2.56 bits per heavy atom. The second-order valence-corrected chi connectivity index (χ2v) is 6.88. The lowest BCUT2D eigenvalue weighted by Crippen LogP contribution is -2.47. The molecule has 1 aliphatic rings. The molecule has 25 heavy (non-hydrogen) atoms. The maximum Gasteiger partial charge on any atom is 0.245 e. The van der Waals surface area contributed by atoms with Crippen molar-refractivity contribution in [3.8, 4) is 0 Å². The van der Waals surface area contributed by atoms with Crippen LogP contribution in [0.5, 0.6) is 0 Å². The highest BCUT2D eigenvalue weighted by Crippen LogP contribution is 2.36. The van der Waals surface area contributed by atoms with Gasteiger partial charge in [0.1, 0.15) is 6.04 Å². The Morgan fingerprint density at radius 1 is 1.16 bits per heavy atom. The van der Waals surface area contributed by atoms with E-state index in [1.165, 1.54) is 5.56 Å². The summed E-state index contributed by atoms with van der Waals surface area (Å²) < 4.78 is 0.